The van der Waals surface area contributed by atoms with Crippen LogP contribution in [0.2, 0.25) is 0 Å². The summed E-state index contributed by atoms with van der Waals surface area (Å²) < 4.78 is 7.85. The topological polar surface area (TPSA) is 17.4 Å². The molecule has 3 heteroatoms. The quantitative estimate of drug-likeness (QED) is 0.664. The van der Waals surface area contributed by atoms with Crippen molar-refractivity contribution in [2.45, 2.75) is 13.3 Å². The summed E-state index contributed by atoms with van der Waals surface area (Å²) in [6.07, 6.45) is 1.05. The van der Waals surface area contributed by atoms with Crippen LogP contribution >= 0.6 is 0 Å². The van der Waals surface area contributed by atoms with Crippen molar-refractivity contribution in [2.24, 2.45) is 0 Å². The van der Waals surface area contributed by atoms with E-state index in [0.717, 1.165) is 32.7 Å². The number of benzene rings is 1. The normalized spacial score (nSPS) is 17.4. The molecule has 0 amide bonds. The number of aryl methyl sites for hydroxylation is 1. The lowest BCUT2D eigenvalue weighted by molar-refractivity contribution is 0.122. The molecule has 0 unspecified atom stereocenters. The molecule has 1 aromatic heterocycles. The lowest BCUT2D eigenvalue weighted by atomic mass is 10.1. The number of morpholine rings is 1. The Labute approximate surface area is 113 Å². The van der Waals surface area contributed by atoms with Gasteiger partial charge in [-0.15, -0.1) is 0 Å². The number of hydrogen-bond acceptors (Lipinski definition) is 2. The number of ether oxygens (including phenoxy) is 1. The second-order valence-corrected chi connectivity index (χ2v) is 5.35. The summed E-state index contributed by atoms with van der Waals surface area (Å²) in [5.41, 5.74) is 6.97. The number of rotatable bonds is 1. The highest BCUT2D eigenvalue weighted by Gasteiger charge is 2.24. The number of fused-ring (bicyclic) bond motifs is 3. The number of anilines is 1. The van der Waals surface area contributed by atoms with E-state index in [0.29, 0.717) is 0 Å². The van der Waals surface area contributed by atoms with Crippen LogP contribution in [-0.2, 0) is 11.2 Å². The van der Waals surface area contributed by atoms with Gasteiger partial charge in [-0.1, -0.05) is 6.07 Å². The van der Waals surface area contributed by atoms with E-state index in [1.807, 2.05) is 0 Å². The first-order valence-electron chi connectivity index (χ1n) is 6.97. The number of aromatic nitrogens is 1. The van der Waals surface area contributed by atoms with E-state index < -0.39 is 0 Å². The van der Waals surface area contributed by atoms with Crippen molar-refractivity contribution in [2.75, 3.05) is 31.2 Å². The van der Waals surface area contributed by atoms with Crippen molar-refractivity contribution < 1.29 is 4.74 Å². The highest BCUT2D eigenvalue weighted by atomic mass is 16.5. The molecule has 4 rings (SSSR count). The Bertz CT molecular complexity index is 624. The SMILES string of the molecule is Cc1ccc2n1-c1cccc(N3CCOCC3)c1C2. The van der Waals surface area contributed by atoms with Gasteiger partial charge in [-0.25, -0.2) is 0 Å². The molecule has 2 aliphatic heterocycles. The largest absolute Gasteiger partial charge is 0.378 e. The van der Waals surface area contributed by atoms with Crippen LogP contribution in [0.4, 0.5) is 5.69 Å². The van der Waals surface area contributed by atoms with Crippen molar-refractivity contribution in [1.29, 1.82) is 0 Å². The minimum atomic E-state index is 0.842. The van der Waals surface area contributed by atoms with Gasteiger partial charge in [-0.05, 0) is 31.2 Å². The predicted octanol–water partition coefficient (Wildman–Crippen LogP) is 2.53. The fraction of sp³-hybridized carbons (Fsp3) is 0.375. The van der Waals surface area contributed by atoms with Gasteiger partial charge in [0.25, 0.3) is 0 Å². The van der Waals surface area contributed by atoms with Crippen molar-refractivity contribution in [3.63, 3.8) is 0 Å². The van der Waals surface area contributed by atoms with E-state index in [-0.39, 0.29) is 0 Å². The molecule has 3 heterocycles. The molecule has 2 aromatic rings. The Kier molecular flexibility index (Phi) is 2.42. The minimum absolute atomic E-state index is 0.842. The maximum absolute atomic E-state index is 5.46. The monoisotopic (exact) mass is 254 g/mol. The van der Waals surface area contributed by atoms with Crippen molar-refractivity contribution in [3.8, 4) is 5.69 Å². The Morgan fingerprint density at radius 3 is 2.63 bits per heavy atom. The second kappa shape index (κ2) is 4.14. The third kappa shape index (κ3) is 1.61. The van der Waals surface area contributed by atoms with Gasteiger partial charge in [-0.2, -0.15) is 0 Å². The molecule has 0 saturated carbocycles. The van der Waals surface area contributed by atoms with Gasteiger partial charge < -0.3 is 14.2 Å². The molecule has 1 saturated heterocycles. The van der Waals surface area contributed by atoms with Crippen LogP contribution in [0.1, 0.15) is 17.0 Å². The Hall–Kier alpha value is -1.74. The average molecular weight is 254 g/mol. The first-order valence-corrected chi connectivity index (χ1v) is 6.97. The molecule has 0 aliphatic carbocycles. The zero-order chi connectivity index (χ0) is 12.8. The maximum atomic E-state index is 5.46. The van der Waals surface area contributed by atoms with Crippen LogP contribution in [0, 0.1) is 6.92 Å². The smallest absolute Gasteiger partial charge is 0.0642 e. The Balaban J connectivity index is 1.81. The molecule has 98 valence electrons. The van der Waals surface area contributed by atoms with Gasteiger partial charge in [0.15, 0.2) is 0 Å². The molecule has 0 radical (unpaired) electrons. The highest BCUT2D eigenvalue weighted by Crippen LogP contribution is 2.36. The van der Waals surface area contributed by atoms with Crippen LogP contribution in [-0.4, -0.2) is 30.9 Å². The van der Waals surface area contributed by atoms with Crippen LogP contribution in [0.15, 0.2) is 30.3 Å². The summed E-state index contributed by atoms with van der Waals surface area (Å²) in [4.78, 5) is 2.46. The molecule has 0 atom stereocenters. The molecular weight excluding hydrogens is 236 g/mol. The molecule has 19 heavy (non-hydrogen) atoms. The molecule has 1 fully saturated rings. The van der Waals surface area contributed by atoms with Gasteiger partial charge in [0.2, 0.25) is 0 Å². The van der Waals surface area contributed by atoms with E-state index in [1.165, 1.54) is 28.3 Å². The van der Waals surface area contributed by atoms with Gasteiger partial charge in [-0.3, -0.25) is 0 Å². The van der Waals surface area contributed by atoms with Crippen molar-refractivity contribution in [1.82, 2.24) is 4.57 Å². The molecule has 0 bridgehead atoms. The van der Waals surface area contributed by atoms with Crippen molar-refractivity contribution >= 4 is 5.69 Å². The Morgan fingerprint density at radius 1 is 1.00 bits per heavy atom. The predicted molar refractivity (Wildman–Crippen MR) is 76.3 cm³/mol. The number of nitrogens with zero attached hydrogens (tertiary/aromatic N) is 2. The first kappa shape index (κ1) is 11.1. The van der Waals surface area contributed by atoms with E-state index in [2.05, 4.69) is 46.7 Å². The fourth-order valence-corrected chi connectivity index (χ4v) is 3.31. The third-order valence-corrected chi connectivity index (χ3v) is 4.23. The van der Waals surface area contributed by atoms with Gasteiger partial charge in [0.05, 0.1) is 18.9 Å². The van der Waals surface area contributed by atoms with Crippen LogP contribution < -0.4 is 4.90 Å². The second-order valence-electron chi connectivity index (χ2n) is 5.35. The van der Waals surface area contributed by atoms with Crippen LogP contribution in [0.25, 0.3) is 5.69 Å². The fourth-order valence-electron chi connectivity index (χ4n) is 3.31. The summed E-state index contributed by atoms with van der Waals surface area (Å²) in [7, 11) is 0. The van der Waals surface area contributed by atoms with Crippen LogP contribution in [0.5, 0.6) is 0 Å². The molecule has 3 nitrogen and oxygen atoms in total. The van der Waals surface area contributed by atoms with Crippen molar-refractivity contribution in [3.05, 3.63) is 47.3 Å². The highest BCUT2D eigenvalue weighted by molar-refractivity contribution is 5.67. The molecule has 2 aliphatic rings. The zero-order valence-corrected chi connectivity index (χ0v) is 11.2. The van der Waals surface area contributed by atoms with Crippen LogP contribution in [0.3, 0.4) is 0 Å². The van der Waals surface area contributed by atoms with Gasteiger partial charge in [0, 0.05) is 42.1 Å². The molecule has 0 spiro atoms. The van der Waals surface area contributed by atoms with E-state index in [1.54, 1.807) is 0 Å². The summed E-state index contributed by atoms with van der Waals surface area (Å²) in [5.74, 6) is 0. The minimum Gasteiger partial charge on any atom is -0.378 e. The van der Waals surface area contributed by atoms with E-state index >= 15 is 0 Å². The Morgan fingerprint density at radius 2 is 1.79 bits per heavy atom. The lowest BCUT2D eigenvalue weighted by Gasteiger charge is -2.30. The molecule has 0 N–H and O–H groups in total. The summed E-state index contributed by atoms with van der Waals surface area (Å²) in [6, 6.07) is 11.1. The summed E-state index contributed by atoms with van der Waals surface area (Å²) in [5, 5.41) is 0. The van der Waals surface area contributed by atoms with Gasteiger partial charge in [0.1, 0.15) is 0 Å². The lowest BCUT2D eigenvalue weighted by Crippen LogP contribution is -2.36. The molecule has 1 aromatic carbocycles. The molecular formula is C16H18N2O. The standard InChI is InChI=1S/C16H18N2O/c1-12-5-6-13-11-14-15(17-7-9-19-10-8-17)3-2-4-16(14)18(12)13/h2-6H,7-11H2,1H3. The van der Waals surface area contributed by atoms with E-state index in [4.69, 9.17) is 4.74 Å². The van der Waals surface area contributed by atoms with Gasteiger partial charge >= 0.3 is 0 Å². The summed E-state index contributed by atoms with van der Waals surface area (Å²) in [6.45, 7) is 5.87. The average Bonchev–Trinajstić information content (AvgIpc) is 3.00. The first-order chi connectivity index (χ1) is 9.34. The van der Waals surface area contributed by atoms with E-state index in [9.17, 15) is 0 Å². The number of hydrogen-bond donors (Lipinski definition) is 0. The zero-order valence-electron chi connectivity index (χ0n) is 11.2. The summed E-state index contributed by atoms with van der Waals surface area (Å²) >= 11 is 0. The third-order valence-electron chi connectivity index (χ3n) is 4.23. The maximum Gasteiger partial charge on any atom is 0.0642 e.